The number of nitrogens with one attached hydrogen (secondary N) is 1. The fraction of sp³-hybridized carbons (Fsp3) is 0.310. The van der Waals surface area contributed by atoms with Crippen LogP contribution in [0.3, 0.4) is 0 Å². The highest BCUT2D eigenvalue weighted by atomic mass is 35.5. The maximum atomic E-state index is 13.6. The van der Waals surface area contributed by atoms with Gasteiger partial charge in [0.05, 0.1) is 5.75 Å². The number of thioether (sulfide) groups is 1. The number of carbonyl (C=O) groups excluding carboxylic acids is 2. The molecule has 0 bridgehead atoms. The van der Waals surface area contributed by atoms with E-state index in [4.69, 9.17) is 11.6 Å². The van der Waals surface area contributed by atoms with Crippen LogP contribution in [0.2, 0.25) is 5.02 Å². The average molecular weight is 527 g/mol. The van der Waals surface area contributed by atoms with E-state index in [-0.39, 0.29) is 29.9 Å². The van der Waals surface area contributed by atoms with E-state index in [1.807, 2.05) is 69.3 Å². The van der Waals surface area contributed by atoms with Crippen LogP contribution in [0.4, 0.5) is 4.39 Å². The number of halogens is 2. The van der Waals surface area contributed by atoms with Crippen LogP contribution < -0.4 is 5.32 Å². The lowest BCUT2D eigenvalue weighted by Gasteiger charge is -2.34. The molecular formula is C29H32ClFN2O2S. The Kier molecular flexibility index (Phi) is 9.97. The van der Waals surface area contributed by atoms with Crippen LogP contribution in [-0.4, -0.2) is 34.0 Å². The number of carbonyl (C=O) groups is 2. The van der Waals surface area contributed by atoms with Gasteiger partial charge < -0.3 is 10.2 Å². The van der Waals surface area contributed by atoms with E-state index in [1.54, 1.807) is 23.1 Å². The SMILES string of the molecule is CC(C)(C)NC(=O)C(Cc1ccccc1)N(Cc1cccc(Cl)c1)C(=O)CSCc1ccc(F)cc1. The number of nitrogens with zero attached hydrogens (tertiary/aromatic N) is 1. The van der Waals surface area contributed by atoms with Crippen LogP contribution in [0.1, 0.15) is 37.5 Å². The van der Waals surface area contributed by atoms with Crippen LogP contribution in [0.5, 0.6) is 0 Å². The zero-order chi connectivity index (χ0) is 26.1. The molecule has 0 radical (unpaired) electrons. The molecule has 4 nitrogen and oxygen atoms in total. The van der Waals surface area contributed by atoms with Gasteiger partial charge in [0.1, 0.15) is 11.9 Å². The minimum absolute atomic E-state index is 0.146. The largest absolute Gasteiger partial charge is 0.350 e. The molecule has 2 amide bonds. The third kappa shape index (κ3) is 8.99. The summed E-state index contributed by atoms with van der Waals surface area (Å²) in [5, 5.41) is 3.63. The lowest BCUT2D eigenvalue weighted by molar-refractivity contribution is -0.140. The lowest BCUT2D eigenvalue weighted by Crippen LogP contribution is -2.54. The smallest absolute Gasteiger partial charge is 0.243 e. The zero-order valence-electron chi connectivity index (χ0n) is 20.8. The molecule has 1 atom stereocenters. The molecule has 0 saturated carbocycles. The Morgan fingerprint density at radius 1 is 0.944 bits per heavy atom. The van der Waals surface area contributed by atoms with E-state index in [9.17, 15) is 14.0 Å². The molecule has 0 saturated heterocycles. The second-order valence-electron chi connectivity index (χ2n) is 9.72. The zero-order valence-corrected chi connectivity index (χ0v) is 22.4. The predicted molar refractivity (Wildman–Crippen MR) is 146 cm³/mol. The van der Waals surface area contributed by atoms with Crippen molar-refractivity contribution >= 4 is 35.2 Å². The minimum Gasteiger partial charge on any atom is -0.350 e. The van der Waals surface area contributed by atoms with Gasteiger partial charge in [-0.3, -0.25) is 9.59 Å². The van der Waals surface area contributed by atoms with E-state index in [0.29, 0.717) is 17.2 Å². The van der Waals surface area contributed by atoms with Gasteiger partial charge in [-0.1, -0.05) is 66.2 Å². The second kappa shape index (κ2) is 12.9. The Morgan fingerprint density at radius 2 is 1.61 bits per heavy atom. The molecule has 3 rings (SSSR count). The number of hydrogen-bond donors (Lipinski definition) is 1. The first-order valence-electron chi connectivity index (χ1n) is 11.8. The normalized spacial score (nSPS) is 12.1. The third-order valence-corrected chi connectivity index (χ3v) is 6.64. The summed E-state index contributed by atoms with van der Waals surface area (Å²) in [7, 11) is 0. The van der Waals surface area contributed by atoms with Gasteiger partial charge in [-0.2, -0.15) is 0 Å². The summed E-state index contributed by atoms with van der Waals surface area (Å²) in [5.41, 5.74) is 2.30. The predicted octanol–water partition coefficient (Wildman–Crippen LogP) is 6.27. The summed E-state index contributed by atoms with van der Waals surface area (Å²) in [5.74, 6) is 0.110. The number of benzene rings is 3. The molecule has 36 heavy (non-hydrogen) atoms. The summed E-state index contributed by atoms with van der Waals surface area (Å²) < 4.78 is 13.2. The standard InChI is InChI=1S/C29H32ClFN2O2S/c1-29(2,3)32-28(35)26(17-21-8-5-4-6-9-21)33(18-23-10-7-11-24(30)16-23)27(34)20-36-19-22-12-14-25(31)15-13-22/h4-16,26H,17-20H2,1-3H3,(H,32,35). The van der Waals surface area contributed by atoms with E-state index in [2.05, 4.69) is 5.32 Å². The molecule has 0 heterocycles. The van der Waals surface area contributed by atoms with Gasteiger partial charge in [0.15, 0.2) is 0 Å². The van der Waals surface area contributed by atoms with E-state index < -0.39 is 11.6 Å². The molecular weight excluding hydrogens is 495 g/mol. The van der Waals surface area contributed by atoms with Crippen LogP contribution >= 0.6 is 23.4 Å². The van der Waals surface area contributed by atoms with Gasteiger partial charge in [-0.15, -0.1) is 11.8 Å². The number of rotatable bonds is 10. The Labute approximate surface area is 222 Å². The highest BCUT2D eigenvalue weighted by Crippen LogP contribution is 2.20. The molecule has 190 valence electrons. The molecule has 0 aliphatic rings. The lowest BCUT2D eigenvalue weighted by atomic mass is 10.0. The van der Waals surface area contributed by atoms with Gasteiger partial charge >= 0.3 is 0 Å². The van der Waals surface area contributed by atoms with Crippen molar-refractivity contribution in [3.63, 3.8) is 0 Å². The summed E-state index contributed by atoms with van der Waals surface area (Å²) in [4.78, 5) is 28.8. The maximum absolute atomic E-state index is 13.6. The van der Waals surface area contributed by atoms with Crippen molar-refractivity contribution in [3.05, 3.63) is 106 Å². The van der Waals surface area contributed by atoms with Crippen LogP contribution in [0, 0.1) is 5.82 Å². The van der Waals surface area contributed by atoms with Crippen molar-refractivity contribution in [1.29, 1.82) is 0 Å². The molecule has 7 heteroatoms. The van der Waals surface area contributed by atoms with Gasteiger partial charge in [0, 0.05) is 29.3 Å². The van der Waals surface area contributed by atoms with Gasteiger partial charge in [0.2, 0.25) is 11.8 Å². The number of hydrogen-bond acceptors (Lipinski definition) is 3. The van der Waals surface area contributed by atoms with E-state index in [0.717, 1.165) is 16.7 Å². The molecule has 3 aromatic rings. The first-order chi connectivity index (χ1) is 17.1. The fourth-order valence-corrected chi connectivity index (χ4v) is 4.84. The van der Waals surface area contributed by atoms with Crippen LogP contribution in [0.15, 0.2) is 78.9 Å². The molecule has 1 N–H and O–H groups in total. The summed E-state index contributed by atoms with van der Waals surface area (Å²) in [6, 6.07) is 22.6. The first-order valence-corrected chi connectivity index (χ1v) is 13.4. The van der Waals surface area contributed by atoms with Crippen LogP contribution in [0.25, 0.3) is 0 Å². The van der Waals surface area contributed by atoms with Crippen molar-refractivity contribution in [1.82, 2.24) is 10.2 Å². The molecule has 1 unspecified atom stereocenters. The topological polar surface area (TPSA) is 49.4 Å². The minimum atomic E-state index is -0.704. The Bertz CT molecular complexity index is 1150. The van der Waals surface area contributed by atoms with Crippen LogP contribution in [-0.2, 0) is 28.3 Å². The number of amides is 2. The van der Waals surface area contributed by atoms with Crippen molar-refractivity contribution in [2.24, 2.45) is 0 Å². The summed E-state index contributed by atoms with van der Waals surface area (Å²) in [6.45, 7) is 6.02. The Morgan fingerprint density at radius 3 is 2.25 bits per heavy atom. The highest BCUT2D eigenvalue weighted by molar-refractivity contribution is 7.99. The quantitative estimate of drug-likeness (QED) is 0.339. The Hall–Kier alpha value is -2.83. The third-order valence-electron chi connectivity index (χ3n) is 5.42. The van der Waals surface area contributed by atoms with Crippen molar-refractivity contribution in [2.45, 2.75) is 51.1 Å². The highest BCUT2D eigenvalue weighted by Gasteiger charge is 2.32. The monoisotopic (exact) mass is 526 g/mol. The Balaban J connectivity index is 1.86. The first kappa shape index (κ1) is 27.8. The molecule has 0 aliphatic carbocycles. The van der Waals surface area contributed by atoms with Gasteiger partial charge in [-0.25, -0.2) is 4.39 Å². The van der Waals surface area contributed by atoms with E-state index in [1.165, 1.54) is 23.9 Å². The van der Waals surface area contributed by atoms with E-state index >= 15 is 0 Å². The van der Waals surface area contributed by atoms with Gasteiger partial charge in [-0.05, 0) is 61.7 Å². The van der Waals surface area contributed by atoms with Crippen molar-refractivity contribution < 1.29 is 14.0 Å². The van der Waals surface area contributed by atoms with Crippen molar-refractivity contribution in [3.8, 4) is 0 Å². The average Bonchev–Trinajstić information content (AvgIpc) is 2.82. The molecule has 0 fully saturated rings. The van der Waals surface area contributed by atoms with Crippen molar-refractivity contribution in [2.75, 3.05) is 5.75 Å². The second-order valence-corrected chi connectivity index (χ2v) is 11.1. The summed E-state index contributed by atoms with van der Waals surface area (Å²) in [6.07, 6.45) is 0.387. The van der Waals surface area contributed by atoms with Gasteiger partial charge in [0.25, 0.3) is 0 Å². The maximum Gasteiger partial charge on any atom is 0.243 e. The molecule has 3 aromatic carbocycles. The fourth-order valence-electron chi connectivity index (χ4n) is 3.76. The molecule has 0 aromatic heterocycles. The molecule has 0 aliphatic heterocycles. The molecule has 0 spiro atoms. The summed E-state index contributed by atoms with van der Waals surface area (Å²) >= 11 is 7.66.